The van der Waals surface area contributed by atoms with Crippen LogP contribution in [0.2, 0.25) is 0 Å². The second-order valence-corrected chi connectivity index (χ2v) is 5.14. The number of imide groups is 1. The number of nitrogens with one attached hydrogen (secondary N) is 2. The third kappa shape index (κ3) is 2.79. The van der Waals surface area contributed by atoms with E-state index in [1.54, 1.807) is 19.9 Å². The molecule has 2 rings (SSSR count). The molecule has 1 heterocycles. The number of hydrogen-bond donors (Lipinski definition) is 2. The van der Waals surface area contributed by atoms with Crippen LogP contribution in [-0.2, 0) is 9.59 Å². The van der Waals surface area contributed by atoms with Crippen LogP contribution in [0.5, 0.6) is 0 Å². The summed E-state index contributed by atoms with van der Waals surface area (Å²) in [5, 5.41) is 4.98. The van der Waals surface area contributed by atoms with Gasteiger partial charge in [0.1, 0.15) is 17.9 Å². The summed E-state index contributed by atoms with van der Waals surface area (Å²) in [4.78, 5) is 37.1. The molecule has 0 aliphatic carbocycles. The quantitative estimate of drug-likeness (QED) is 0.815. The number of benzene rings is 1. The van der Waals surface area contributed by atoms with Crippen molar-refractivity contribution in [2.75, 3.05) is 11.9 Å². The molecule has 0 bridgehead atoms. The van der Waals surface area contributed by atoms with Gasteiger partial charge in [-0.25, -0.2) is 9.18 Å². The number of halogens is 1. The minimum atomic E-state index is -0.949. The Kier molecular flexibility index (Phi) is 4.44. The number of hydrogen-bond acceptors (Lipinski definition) is 3. The number of carbonyl (C=O) groups is 3. The largest absolute Gasteiger partial charge is 0.325 e. The Morgan fingerprint density at radius 2 is 1.91 bits per heavy atom. The molecule has 118 valence electrons. The second-order valence-electron chi connectivity index (χ2n) is 5.14. The number of para-hydroxylation sites is 1. The lowest BCUT2D eigenvalue weighted by Crippen LogP contribution is -2.46. The highest BCUT2D eigenvalue weighted by atomic mass is 19.1. The molecular formula is C15H18FN3O3. The van der Waals surface area contributed by atoms with Crippen LogP contribution in [0, 0.1) is 5.82 Å². The third-order valence-corrected chi connectivity index (χ3v) is 3.90. The fourth-order valence-electron chi connectivity index (χ4n) is 2.44. The molecule has 1 aromatic carbocycles. The monoisotopic (exact) mass is 307 g/mol. The van der Waals surface area contributed by atoms with E-state index >= 15 is 0 Å². The number of urea groups is 1. The van der Waals surface area contributed by atoms with Gasteiger partial charge in [-0.1, -0.05) is 26.0 Å². The van der Waals surface area contributed by atoms with Gasteiger partial charge < -0.3 is 10.6 Å². The molecule has 1 fully saturated rings. The first kappa shape index (κ1) is 15.9. The van der Waals surface area contributed by atoms with Gasteiger partial charge in [-0.05, 0) is 25.0 Å². The highest BCUT2D eigenvalue weighted by molar-refractivity contribution is 6.10. The average molecular weight is 307 g/mol. The van der Waals surface area contributed by atoms with Gasteiger partial charge >= 0.3 is 6.03 Å². The summed E-state index contributed by atoms with van der Waals surface area (Å²) >= 11 is 0. The van der Waals surface area contributed by atoms with Crippen LogP contribution in [0.15, 0.2) is 24.3 Å². The van der Waals surface area contributed by atoms with Crippen molar-refractivity contribution in [3.8, 4) is 0 Å². The minimum absolute atomic E-state index is 0.0109. The maximum absolute atomic E-state index is 13.5. The molecule has 1 aliphatic rings. The molecular weight excluding hydrogens is 289 g/mol. The second kappa shape index (κ2) is 6.13. The molecule has 0 radical (unpaired) electrons. The summed E-state index contributed by atoms with van der Waals surface area (Å²) in [6.07, 6.45) is 0.888. The van der Waals surface area contributed by atoms with Gasteiger partial charge in [-0.3, -0.25) is 14.5 Å². The Hall–Kier alpha value is -2.44. The predicted octanol–water partition coefficient (Wildman–Crippen LogP) is 1.87. The fraction of sp³-hybridized carbons (Fsp3) is 0.400. The van der Waals surface area contributed by atoms with Crippen molar-refractivity contribution in [3.63, 3.8) is 0 Å². The van der Waals surface area contributed by atoms with Gasteiger partial charge in [0.15, 0.2) is 0 Å². The summed E-state index contributed by atoms with van der Waals surface area (Å²) in [5.41, 5.74) is -0.938. The van der Waals surface area contributed by atoms with Crippen molar-refractivity contribution < 1.29 is 18.8 Å². The van der Waals surface area contributed by atoms with Gasteiger partial charge in [0.05, 0.1) is 5.69 Å². The number of nitrogens with zero attached hydrogens (tertiary/aromatic N) is 1. The Balaban J connectivity index is 2.08. The number of amides is 4. The van der Waals surface area contributed by atoms with Crippen LogP contribution in [0.3, 0.4) is 0 Å². The highest BCUT2D eigenvalue weighted by Gasteiger charge is 2.49. The summed E-state index contributed by atoms with van der Waals surface area (Å²) in [5.74, 6) is -1.63. The van der Waals surface area contributed by atoms with Crippen molar-refractivity contribution in [3.05, 3.63) is 30.1 Å². The first-order chi connectivity index (χ1) is 10.4. The summed E-state index contributed by atoms with van der Waals surface area (Å²) in [7, 11) is 0. The molecule has 0 saturated carbocycles. The van der Waals surface area contributed by atoms with Crippen molar-refractivity contribution >= 4 is 23.5 Å². The molecule has 2 N–H and O–H groups in total. The standard InChI is InChI=1S/C15H18FN3O3/c1-3-15(4-2)13(21)19(14(22)18-15)9-12(20)17-11-8-6-5-7-10(11)16/h5-8H,3-4,9H2,1-2H3,(H,17,20)(H,18,22). The van der Waals surface area contributed by atoms with Gasteiger partial charge in [-0.2, -0.15) is 0 Å². The molecule has 1 saturated heterocycles. The molecule has 0 unspecified atom stereocenters. The van der Waals surface area contributed by atoms with E-state index in [2.05, 4.69) is 10.6 Å². The highest BCUT2D eigenvalue weighted by Crippen LogP contribution is 2.24. The minimum Gasteiger partial charge on any atom is -0.323 e. The summed E-state index contributed by atoms with van der Waals surface area (Å²) in [6, 6.07) is 5.09. The molecule has 1 aliphatic heterocycles. The molecule has 4 amide bonds. The number of rotatable bonds is 5. The van der Waals surface area contributed by atoms with Crippen LogP contribution in [-0.4, -0.2) is 34.8 Å². The lowest BCUT2D eigenvalue weighted by atomic mass is 9.93. The first-order valence-corrected chi connectivity index (χ1v) is 7.12. The average Bonchev–Trinajstić information content (AvgIpc) is 2.74. The van der Waals surface area contributed by atoms with E-state index < -0.39 is 35.7 Å². The van der Waals surface area contributed by atoms with Crippen molar-refractivity contribution in [1.29, 1.82) is 0 Å². The normalized spacial score (nSPS) is 16.6. The van der Waals surface area contributed by atoms with Gasteiger partial charge in [0.25, 0.3) is 5.91 Å². The molecule has 1 aromatic rings. The van der Waals surface area contributed by atoms with E-state index in [0.717, 1.165) is 4.90 Å². The van der Waals surface area contributed by atoms with Crippen LogP contribution in [0.4, 0.5) is 14.9 Å². The Labute approximate surface area is 127 Å². The number of carbonyl (C=O) groups excluding carboxylic acids is 3. The maximum atomic E-state index is 13.5. The Morgan fingerprint density at radius 3 is 2.45 bits per heavy atom. The fourth-order valence-corrected chi connectivity index (χ4v) is 2.44. The van der Waals surface area contributed by atoms with E-state index in [1.165, 1.54) is 18.2 Å². The van der Waals surface area contributed by atoms with Crippen molar-refractivity contribution in [2.24, 2.45) is 0 Å². The van der Waals surface area contributed by atoms with E-state index in [9.17, 15) is 18.8 Å². The molecule has 0 aromatic heterocycles. The molecule has 0 atom stereocenters. The van der Waals surface area contributed by atoms with Crippen molar-refractivity contribution in [1.82, 2.24) is 10.2 Å². The lowest BCUT2D eigenvalue weighted by molar-refractivity contribution is -0.134. The Morgan fingerprint density at radius 1 is 1.27 bits per heavy atom. The molecule has 0 spiro atoms. The van der Waals surface area contributed by atoms with E-state index in [1.807, 2.05) is 0 Å². The Bertz CT molecular complexity index is 614. The van der Waals surface area contributed by atoms with E-state index in [4.69, 9.17) is 0 Å². The zero-order chi connectivity index (χ0) is 16.3. The maximum Gasteiger partial charge on any atom is 0.325 e. The molecule has 6 nitrogen and oxygen atoms in total. The predicted molar refractivity (Wildman–Crippen MR) is 78.6 cm³/mol. The SMILES string of the molecule is CCC1(CC)NC(=O)N(CC(=O)Nc2ccccc2F)C1=O. The topological polar surface area (TPSA) is 78.5 Å². The first-order valence-electron chi connectivity index (χ1n) is 7.12. The van der Waals surface area contributed by atoms with E-state index in [0.29, 0.717) is 12.8 Å². The summed E-state index contributed by atoms with van der Waals surface area (Å²) < 4.78 is 13.5. The van der Waals surface area contributed by atoms with Crippen LogP contribution in [0.25, 0.3) is 0 Å². The van der Waals surface area contributed by atoms with Gasteiger partial charge in [0.2, 0.25) is 5.91 Å². The zero-order valence-corrected chi connectivity index (χ0v) is 12.5. The lowest BCUT2D eigenvalue weighted by Gasteiger charge is -2.23. The molecule has 7 heteroatoms. The van der Waals surface area contributed by atoms with Crippen molar-refractivity contribution in [2.45, 2.75) is 32.2 Å². The van der Waals surface area contributed by atoms with Crippen LogP contribution in [0.1, 0.15) is 26.7 Å². The van der Waals surface area contributed by atoms with Gasteiger partial charge in [-0.15, -0.1) is 0 Å². The van der Waals surface area contributed by atoms with Gasteiger partial charge in [0, 0.05) is 0 Å². The number of anilines is 1. The van der Waals surface area contributed by atoms with Crippen LogP contribution >= 0.6 is 0 Å². The summed E-state index contributed by atoms with van der Waals surface area (Å²) in [6.45, 7) is 3.15. The molecule has 22 heavy (non-hydrogen) atoms. The smallest absolute Gasteiger partial charge is 0.323 e. The third-order valence-electron chi connectivity index (χ3n) is 3.90. The van der Waals surface area contributed by atoms with E-state index in [-0.39, 0.29) is 5.69 Å². The zero-order valence-electron chi connectivity index (χ0n) is 12.5. The van der Waals surface area contributed by atoms with Crippen LogP contribution < -0.4 is 10.6 Å².